The molecule has 0 aliphatic heterocycles. The molecule has 1 saturated carbocycles. The first-order valence-electron chi connectivity index (χ1n) is 9.49. The zero-order valence-corrected chi connectivity index (χ0v) is 14.7. The van der Waals surface area contributed by atoms with Crippen molar-refractivity contribution in [2.75, 3.05) is 5.32 Å². The van der Waals surface area contributed by atoms with Crippen molar-refractivity contribution in [3.63, 3.8) is 0 Å². The Labute approximate surface area is 149 Å². The molecule has 4 heteroatoms. The fraction of sp³-hybridized carbons (Fsp3) is 0.524. The smallest absolute Gasteiger partial charge is 0.411 e. The number of hydrogen-bond acceptors (Lipinski definition) is 3. The van der Waals surface area contributed by atoms with Crippen molar-refractivity contribution in [1.29, 1.82) is 0 Å². The van der Waals surface area contributed by atoms with Crippen molar-refractivity contribution in [3.8, 4) is 0 Å². The number of anilines is 1. The van der Waals surface area contributed by atoms with Crippen LogP contribution in [0.1, 0.15) is 68.1 Å². The third-order valence-electron chi connectivity index (χ3n) is 5.13. The molecule has 0 radical (unpaired) electrons. The van der Waals surface area contributed by atoms with E-state index in [-0.39, 0.29) is 17.8 Å². The summed E-state index contributed by atoms with van der Waals surface area (Å²) in [5, 5.41) is 2.77. The van der Waals surface area contributed by atoms with Crippen LogP contribution < -0.4 is 5.32 Å². The van der Waals surface area contributed by atoms with Crippen LogP contribution in [0.4, 0.5) is 10.5 Å². The molecule has 1 fully saturated rings. The van der Waals surface area contributed by atoms with Gasteiger partial charge in [0.25, 0.3) is 0 Å². The van der Waals surface area contributed by atoms with E-state index in [1.165, 1.54) is 0 Å². The molecule has 2 aliphatic rings. The second-order valence-electron chi connectivity index (χ2n) is 7.05. The van der Waals surface area contributed by atoms with E-state index in [9.17, 15) is 9.59 Å². The van der Waals surface area contributed by atoms with E-state index in [1.54, 1.807) is 24.3 Å². The molecular formula is C21H27NO3. The van der Waals surface area contributed by atoms with Gasteiger partial charge in [0.05, 0.1) is 0 Å². The van der Waals surface area contributed by atoms with Gasteiger partial charge in [0, 0.05) is 17.2 Å². The Morgan fingerprint density at radius 2 is 1.60 bits per heavy atom. The molecule has 0 spiro atoms. The maximum atomic E-state index is 12.4. The second-order valence-corrected chi connectivity index (χ2v) is 7.05. The topological polar surface area (TPSA) is 55.4 Å². The Morgan fingerprint density at radius 1 is 0.880 bits per heavy atom. The summed E-state index contributed by atoms with van der Waals surface area (Å²) >= 11 is 0. The number of amides is 1. The first-order valence-corrected chi connectivity index (χ1v) is 9.49. The van der Waals surface area contributed by atoms with E-state index in [1.807, 2.05) is 0 Å². The summed E-state index contributed by atoms with van der Waals surface area (Å²) in [6.45, 7) is 0. The largest absolute Gasteiger partial charge is 0.446 e. The van der Waals surface area contributed by atoms with Gasteiger partial charge in [-0.1, -0.05) is 25.0 Å². The van der Waals surface area contributed by atoms with E-state index in [0.29, 0.717) is 5.69 Å². The van der Waals surface area contributed by atoms with Crippen LogP contribution in [0.3, 0.4) is 0 Å². The van der Waals surface area contributed by atoms with Gasteiger partial charge in [-0.3, -0.25) is 10.1 Å². The van der Waals surface area contributed by atoms with Crippen LogP contribution in [0.5, 0.6) is 0 Å². The van der Waals surface area contributed by atoms with Gasteiger partial charge in [0.1, 0.15) is 6.10 Å². The second kappa shape index (κ2) is 8.84. The lowest BCUT2D eigenvalue weighted by Crippen LogP contribution is -2.23. The Hall–Kier alpha value is -2.10. The molecule has 0 heterocycles. The SMILES string of the molecule is O=C(Nc1ccc(C(=O)C2CCCC2)cc1)OC1CC/C=C/CCC1. The van der Waals surface area contributed by atoms with Crippen molar-refractivity contribution >= 4 is 17.6 Å². The molecule has 3 rings (SSSR count). The first-order chi connectivity index (χ1) is 12.2. The summed E-state index contributed by atoms with van der Waals surface area (Å²) in [5.74, 6) is 0.409. The van der Waals surface area contributed by atoms with Crippen LogP contribution in [0.15, 0.2) is 36.4 Å². The average molecular weight is 341 g/mol. The van der Waals surface area contributed by atoms with Crippen LogP contribution in [0.2, 0.25) is 0 Å². The minimum Gasteiger partial charge on any atom is -0.446 e. The van der Waals surface area contributed by atoms with Crippen molar-refractivity contribution in [1.82, 2.24) is 0 Å². The number of rotatable bonds is 4. The highest BCUT2D eigenvalue weighted by Gasteiger charge is 2.23. The summed E-state index contributed by atoms with van der Waals surface area (Å²) in [6.07, 6.45) is 13.1. The third-order valence-corrected chi connectivity index (χ3v) is 5.13. The monoisotopic (exact) mass is 341 g/mol. The van der Waals surface area contributed by atoms with Gasteiger partial charge < -0.3 is 4.74 Å². The third kappa shape index (κ3) is 5.18. The number of ketones is 1. The zero-order chi connectivity index (χ0) is 17.5. The normalized spacial score (nSPS) is 22.6. The fourth-order valence-electron chi connectivity index (χ4n) is 3.68. The summed E-state index contributed by atoms with van der Waals surface area (Å²) < 4.78 is 5.54. The predicted molar refractivity (Wildman–Crippen MR) is 98.8 cm³/mol. The molecule has 1 aromatic carbocycles. The summed E-state index contributed by atoms with van der Waals surface area (Å²) in [4.78, 5) is 24.5. The first kappa shape index (κ1) is 17.7. The highest BCUT2D eigenvalue weighted by Crippen LogP contribution is 2.28. The molecule has 1 aromatic rings. The Morgan fingerprint density at radius 3 is 2.36 bits per heavy atom. The molecule has 2 aliphatic carbocycles. The number of carbonyl (C=O) groups is 2. The molecule has 1 N–H and O–H groups in total. The van der Waals surface area contributed by atoms with Crippen LogP contribution >= 0.6 is 0 Å². The number of allylic oxidation sites excluding steroid dienone is 2. The predicted octanol–water partition coefficient (Wildman–Crippen LogP) is 5.50. The van der Waals surface area contributed by atoms with Crippen LogP contribution in [-0.2, 0) is 4.74 Å². The van der Waals surface area contributed by atoms with Crippen LogP contribution in [0.25, 0.3) is 0 Å². The van der Waals surface area contributed by atoms with Gasteiger partial charge in [-0.2, -0.15) is 0 Å². The van der Waals surface area contributed by atoms with Gasteiger partial charge in [0.15, 0.2) is 5.78 Å². The standard InChI is InChI=1S/C21H27NO3/c23-20(16-8-6-7-9-16)17-12-14-18(15-13-17)22-21(24)25-19-10-4-2-1-3-5-11-19/h1-2,12-16,19H,3-11H2,(H,22,24)/b2-1+. The number of Topliss-reactive ketones (excluding diaryl/α,β-unsaturated/α-hetero) is 1. The van der Waals surface area contributed by atoms with E-state index in [4.69, 9.17) is 4.74 Å². The summed E-state index contributed by atoms with van der Waals surface area (Å²) in [5.41, 5.74) is 1.40. The molecule has 134 valence electrons. The maximum Gasteiger partial charge on any atom is 0.411 e. The van der Waals surface area contributed by atoms with Crippen molar-refractivity contribution < 1.29 is 14.3 Å². The number of carbonyl (C=O) groups excluding carboxylic acids is 2. The number of hydrogen-bond donors (Lipinski definition) is 1. The highest BCUT2D eigenvalue weighted by atomic mass is 16.6. The maximum absolute atomic E-state index is 12.4. The molecule has 0 aromatic heterocycles. The minimum absolute atomic E-state index is 0.0202. The fourth-order valence-corrected chi connectivity index (χ4v) is 3.68. The van der Waals surface area contributed by atoms with E-state index >= 15 is 0 Å². The molecule has 25 heavy (non-hydrogen) atoms. The summed E-state index contributed by atoms with van der Waals surface area (Å²) in [6, 6.07) is 7.17. The average Bonchev–Trinajstić information content (AvgIpc) is 3.12. The van der Waals surface area contributed by atoms with Gasteiger partial charge in [-0.25, -0.2) is 4.79 Å². The molecule has 1 atom stereocenters. The lowest BCUT2D eigenvalue weighted by atomic mass is 9.96. The molecule has 1 unspecified atom stereocenters. The van der Waals surface area contributed by atoms with Gasteiger partial charge in [-0.05, 0) is 69.2 Å². The highest BCUT2D eigenvalue weighted by molar-refractivity contribution is 5.98. The Balaban J connectivity index is 1.51. The van der Waals surface area contributed by atoms with Gasteiger partial charge in [0.2, 0.25) is 0 Å². The van der Waals surface area contributed by atoms with E-state index in [2.05, 4.69) is 17.5 Å². The zero-order valence-electron chi connectivity index (χ0n) is 14.7. The van der Waals surface area contributed by atoms with Crippen molar-refractivity contribution in [2.45, 2.75) is 63.9 Å². The molecule has 0 saturated heterocycles. The summed E-state index contributed by atoms with van der Waals surface area (Å²) in [7, 11) is 0. The number of nitrogens with one attached hydrogen (secondary N) is 1. The quantitative estimate of drug-likeness (QED) is 0.581. The van der Waals surface area contributed by atoms with Crippen molar-refractivity contribution in [2.24, 2.45) is 5.92 Å². The minimum atomic E-state index is -0.413. The number of ether oxygens (including phenoxy) is 1. The van der Waals surface area contributed by atoms with E-state index < -0.39 is 6.09 Å². The van der Waals surface area contributed by atoms with E-state index in [0.717, 1.165) is 63.4 Å². The van der Waals surface area contributed by atoms with Crippen LogP contribution in [0, 0.1) is 5.92 Å². The Kier molecular flexibility index (Phi) is 6.26. The molecule has 0 bridgehead atoms. The molecule has 1 amide bonds. The lowest BCUT2D eigenvalue weighted by Gasteiger charge is -2.18. The van der Waals surface area contributed by atoms with Gasteiger partial charge in [-0.15, -0.1) is 0 Å². The van der Waals surface area contributed by atoms with Crippen LogP contribution in [-0.4, -0.2) is 18.0 Å². The van der Waals surface area contributed by atoms with Gasteiger partial charge >= 0.3 is 6.09 Å². The molecular weight excluding hydrogens is 314 g/mol. The number of benzene rings is 1. The Bertz CT molecular complexity index is 615. The molecule has 4 nitrogen and oxygen atoms in total. The van der Waals surface area contributed by atoms with Crippen molar-refractivity contribution in [3.05, 3.63) is 42.0 Å². The lowest BCUT2D eigenvalue weighted by molar-refractivity contribution is 0.0922.